The molecule has 0 saturated carbocycles. The molecule has 0 bridgehead atoms. The van der Waals surface area contributed by atoms with Crippen LogP contribution >= 0.6 is 16.3 Å². The zero-order chi connectivity index (χ0) is 35.1. The van der Waals surface area contributed by atoms with Crippen LogP contribution in [-0.2, 0) is 0 Å². The minimum Gasteiger partial charge on any atom is -0.408 e. The first-order chi connectivity index (χ1) is 25.4. The minimum atomic E-state index is -1.32. The third-order valence-corrected chi connectivity index (χ3v) is 12.7. The molecule has 8 heteroatoms. The Labute approximate surface area is 301 Å². The molecular weight excluding hydrogens is 682 g/mol. The summed E-state index contributed by atoms with van der Waals surface area (Å²) in [4.78, 5) is 0. The molecule has 2 aromatic heterocycles. The van der Waals surface area contributed by atoms with Gasteiger partial charge < -0.3 is 16.8 Å². The quantitative estimate of drug-likeness (QED) is 0.181. The summed E-state index contributed by atoms with van der Waals surface area (Å²) in [6.45, 7) is 0. The van der Waals surface area contributed by atoms with Crippen LogP contribution in [-0.4, -0.2) is 28.2 Å². The Hall–Kier alpha value is -5.48. The van der Waals surface area contributed by atoms with Crippen LogP contribution in [0, 0.1) is 0 Å². The molecular formula is C44H34N2O4P2. The lowest BCUT2D eigenvalue weighted by molar-refractivity contribution is 0.634. The van der Waals surface area contributed by atoms with Gasteiger partial charge in [-0.3, -0.25) is 0 Å². The minimum absolute atomic E-state index is 0.832. The molecule has 0 aliphatic rings. The molecule has 6 nitrogen and oxygen atoms in total. The number of benzene rings is 8. The van der Waals surface area contributed by atoms with E-state index in [0.29, 0.717) is 0 Å². The summed E-state index contributed by atoms with van der Waals surface area (Å²) in [5.41, 5.74) is 5.63. The van der Waals surface area contributed by atoms with Gasteiger partial charge >= 0.3 is 16.3 Å². The van der Waals surface area contributed by atoms with Crippen molar-refractivity contribution < 1.29 is 16.8 Å². The first-order valence-electron chi connectivity index (χ1n) is 17.3. The molecule has 0 fully saturated rings. The van der Waals surface area contributed by atoms with E-state index in [0.717, 1.165) is 87.3 Å². The maximum Gasteiger partial charge on any atom is 0.309 e. The van der Waals surface area contributed by atoms with E-state index in [2.05, 4.69) is 133 Å². The van der Waals surface area contributed by atoms with Crippen molar-refractivity contribution in [2.75, 3.05) is 37.5 Å². The van der Waals surface area contributed by atoms with E-state index in [-0.39, 0.29) is 0 Å². The van der Waals surface area contributed by atoms with Gasteiger partial charge in [-0.2, -0.15) is 0 Å². The molecule has 8 aromatic carbocycles. The molecule has 0 amide bonds. The van der Waals surface area contributed by atoms with E-state index in [9.17, 15) is 0 Å². The Morgan fingerprint density at radius 1 is 0.346 bits per heavy atom. The topological polar surface area (TPSA) is 59.0 Å². The van der Waals surface area contributed by atoms with Crippen molar-refractivity contribution >= 4 is 103 Å². The van der Waals surface area contributed by atoms with Crippen LogP contribution in [0.1, 0.15) is 0 Å². The molecule has 0 N–H and O–H groups in total. The Morgan fingerprint density at radius 2 is 0.673 bits per heavy atom. The predicted octanol–water partition coefficient (Wildman–Crippen LogP) is 13.6. The van der Waals surface area contributed by atoms with Crippen molar-refractivity contribution in [2.24, 2.45) is 0 Å². The lowest BCUT2D eigenvalue weighted by Crippen LogP contribution is -2.02. The highest BCUT2D eigenvalue weighted by molar-refractivity contribution is 7.39. The number of hydrogen-bond acceptors (Lipinski definition) is 6. The lowest BCUT2D eigenvalue weighted by Gasteiger charge is -2.10. The van der Waals surface area contributed by atoms with Gasteiger partial charge in [-0.05, 0) is 90.6 Å². The Bertz CT molecular complexity index is 2950. The molecule has 0 radical (unpaired) electrons. The summed E-state index contributed by atoms with van der Waals surface area (Å²) in [6, 6.07) is 47.4. The third-order valence-electron chi connectivity index (χ3n) is 9.94. The smallest absolute Gasteiger partial charge is 0.309 e. The van der Waals surface area contributed by atoms with Crippen LogP contribution in [0.15, 0.2) is 150 Å². The molecule has 2 unspecified atom stereocenters. The summed E-state index contributed by atoms with van der Waals surface area (Å²) in [7, 11) is 5.33. The first kappa shape index (κ1) is 31.3. The van der Waals surface area contributed by atoms with Crippen LogP contribution < -0.4 is 9.34 Å². The van der Waals surface area contributed by atoms with Crippen molar-refractivity contribution in [3.8, 4) is 11.1 Å². The normalized spacial score (nSPS) is 12.9. The van der Waals surface area contributed by atoms with Gasteiger partial charge in [-0.1, -0.05) is 97.1 Å². The monoisotopic (exact) mass is 716 g/mol. The summed E-state index contributed by atoms with van der Waals surface area (Å²) < 4.78 is 30.3. The van der Waals surface area contributed by atoms with Gasteiger partial charge in [0.15, 0.2) is 0 Å². The Balaban J connectivity index is 1.22. The zero-order valence-electron chi connectivity index (χ0n) is 29.1. The average Bonchev–Trinajstić information content (AvgIpc) is 3.46. The summed E-state index contributed by atoms with van der Waals surface area (Å²) in [6.07, 6.45) is 0. The number of rotatable bonds is 3. The van der Waals surface area contributed by atoms with E-state index in [4.69, 9.17) is 16.8 Å². The fraction of sp³-hybridized carbons (Fsp3) is 0.0909. The third kappa shape index (κ3) is 4.95. The van der Waals surface area contributed by atoms with Gasteiger partial charge in [-0.15, -0.1) is 0 Å². The second kappa shape index (κ2) is 12.1. The molecule has 10 rings (SSSR count). The van der Waals surface area contributed by atoms with E-state index >= 15 is 0 Å². The van der Waals surface area contributed by atoms with Crippen LogP contribution in [0.3, 0.4) is 0 Å². The molecule has 0 aliphatic heterocycles. The van der Waals surface area contributed by atoms with Gasteiger partial charge in [0.2, 0.25) is 0 Å². The average molecular weight is 717 g/mol. The van der Waals surface area contributed by atoms with Crippen molar-refractivity contribution in [3.05, 3.63) is 133 Å². The van der Waals surface area contributed by atoms with Crippen molar-refractivity contribution in [2.45, 2.75) is 0 Å². The van der Waals surface area contributed by atoms with Gasteiger partial charge in [0.25, 0.3) is 0 Å². The Kier molecular flexibility index (Phi) is 7.25. The fourth-order valence-electron chi connectivity index (χ4n) is 7.52. The van der Waals surface area contributed by atoms with E-state index < -0.39 is 16.3 Å². The standard InChI is InChI=1S/C44H34N2O4P2/c1-45(2)51-47-37-21-15-27-9-5-7-11-33(27)41(37)43-35-19-13-29(25-31(35)17-23-39(43)49-51)30-14-20-36-32(26-30)18-24-40-44(36)42-34-12-8-6-10-28(34)16-22-38(42)48-52(50-40)46(3)4/h5-26H,1-4H3. The SMILES string of the molecule is CN(C)p1oc2ccc3ccccc3c2c2c(ccc3cc(-c4ccc5c(ccc6op(N(C)C)oc7ccc8ccccc8c7c65)c4)ccc32)o1. The van der Waals surface area contributed by atoms with Crippen molar-refractivity contribution in [1.82, 2.24) is 0 Å². The van der Waals surface area contributed by atoms with E-state index in [1.165, 1.54) is 10.8 Å². The van der Waals surface area contributed by atoms with Gasteiger partial charge in [0.1, 0.15) is 22.3 Å². The summed E-state index contributed by atoms with van der Waals surface area (Å²) in [5, 5.41) is 13.4. The maximum atomic E-state index is 6.59. The molecule has 52 heavy (non-hydrogen) atoms. The number of fused-ring (bicyclic) bond motifs is 14. The number of nitrogens with zero attached hydrogens (tertiary/aromatic N) is 2. The fourth-order valence-corrected chi connectivity index (χ4v) is 9.53. The molecule has 0 saturated heterocycles. The molecule has 10 aromatic rings. The highest BCUT2D eigenvalue weighted by Gasteiger charge is 2.17. The largest absolute Gasteiger partial charge is 0.408 e. The summed E-state index contributed by atoms with van der Waals surface area (Å²) >= 11 is 0. The first-order valence-corrected chi connectivity index (χ1v) is 19.5. The second-order valence-electron chi connectivity index (χ2n) is 13.6. The summed E-state index contributed by atoms with van der Waals surface area (Å²) in [5.74, 6) is 0. The number of hydrogen-bond donors (Lipinski definition) is 0. The Morgan fingerprint density at radius 3 is 1.04 bits per heavy atom. The highest BCUT2D eigenvalue weighted by Crippen LogP contribution is 2.44. The van der Waals surface area contributed by atoms with Gasteiger partial charge in [0.05, 0.1) is 0 Å². The van der Waals surface area contributed by atoms with Gasteiger partial charge in [-0.25, -0.2) is 9.34 Å². The van der Waals surface area contributed by atoms with Crippen LogP contribution in [0.5, 0.6) is 0 Å². The van der Waals surface area contributed by atoms with Crippen LogP contribution in [0.2, 0.25) is 0 Å². The van der Waals surface area contributed by atoms with Crippen LogP contribution in [0.25, 0.3) is 98.1 Å². The lowest BCUT2D eigenvalue weighted by atomic mass is 9.94. The van der Waals surface area contributed by atoms with E-state index in [1.54, 1.807) is 0 Å². The van der Waals surface area contributed by atoms with Crippen LogP contribution in [0.4, 0.5) is 0 Å². The maximum absolute atomic E-state index is 6.59. The molecule has 2 heterocycles. The van der Waals surface area contributed by atoms with E-state index in [1.807, 2.05) is 37.5 Å². The molecule has 0 aliphatic carbocycles. The van der Waals surface area contributed by atoms with Gasteiger partial charge in [0, 0.05) is 49.7 Å². The zero-order valence-corrected chi connectivity index (χ0v) is 30.9. The second-order valence-corrected chi connectivity index (χ2v) is 16.9. The van der Waals surface area contributed by atoms with Crippen molar-refractivity contribution in [3.63, 3.8) is 0 Å². The molecule has 2 atom stereocenters. The predicted molar refractivity (Wildman–Crippen MR) is 222 cm³/mol. The highest BCUT2D eigenvalue weighted by atomic mass is 31.1. The van der Waals surface area contributed by atoms with Crippen molar-refractivity contribution in [1.29, 1.82) is 0 Å². The molecule has 0 spiro atoms. The molecule has 254 valence electrons.